The van der Waals surface area contributed by atoms with Crippen molar-refractivity contribution in [3.05, 3.63) is 47.4 Å². The Bertz CT molecular complexity index is 548. The third-order valence-electron chi connectivity index (χ3n) is 1.92. The highest BCUT2D eigenvalue weighted by molar-refractivity contribution is 7.99. The molecule has 86 valence electrons. The number of pyridine rings is 2. The lowest BCUT2D eigenvalue weighted by Gasteiger charge is -2.03. The van der Waals surface area contributed by atoms with Gasteiger partial charge in [0.15, 0.2) is 0 Å². The van der Waals surface area contributed by atoms with Gasteiger partial charge in [-0.1, -0.05) is 23.4 Å². The lowest BCUT2D eigenvalue weighted by molar-refractivity contribution is 0.0696. The molecule has 0 unspecified atom stereocenters. The number of aromatic carboxylic acids is 1. The van der Waals surface area contributed by atoms with Crippen LogP contribution in [0.25, 0.3) is 0 Å². The molecule has 0 saturated carbocycles. The van der Waals surface area contributed by atoms with Crippen LogP contribution in [-0.4, -0.2) is 21.0 Å². The first-order chi connectivity index (χ1) is 8.16. The van der Waals surface area contributed by atoms with E-state index in [-0.39, 0.29) is 5.56 Å². The number of carboxylic acids is 1. The molecule has 17 heavy (non-hydrogen) atoms. The van der Waals surface area contributed by atoms with Crippen molar-refractivity contribution in [3.63, 3.8) is 0 Å². The minimum Gasteiger partial charge on any atom is -0.478 e. The number of carbonyl (C=O) groups is 1. The van der Waals surface area contributed by atoms with Crippen molar-refractivity contribution in [1.82, 2.24) is 9.97 Å². The fourth-order valence-corrected chi connectivity index (χ4v) is 2.16. The van der Waals surface area contributed by atoms with Crippen LogP contribution in [-0.2, 0) is 0 Å². The maximum Gasteiger partial charge on any atom is 0.337 e. The average Bonchev–Trinajstić information content (AvgIpc) is 2.33. The summed E-state index contributed by atoms with van der Waals surface area (Å²) < 4.78 is 0. The van der Waals surface area contributed by atoms with Crippen LogP contribution in [0, 0.1) is 0 Å². The van der Waals surface area contributed by atoms with Crippen LogP contribution in [0.5, 0.6) is 0 Å². The highest BCUT2D eigenvalue weighted by Gasteiger charge is 2.09. The summed E-state index contributed by atoms with van der Waals surface area (Å²) in [6, 6.07) is 5.04. The van der Waals surface area contributed by atoms with Crippen molar-refractivity contribution in [2.45, 2.75) is 9.92 Å². The van der Waals surface area contributed by atoms with E-state index in [2.05, 4.69) is 9.97 Å². The molecule has 0 radical (unpaired) electrons. The van der Waals surface area contributed by atoms with E-state index in [1.807, 2.05) is 12.1 Å². The van der Waals surface area contributed by atoms with E-state index in [1.54, 1.807) is 12.4 Å². The lowest BCUT2D eigenvalue weighted by atomic mass is 10.3. The lowest BCUT2D eigenvalue weighted by Crippen LogP contribution is -1.97. The Balaban J connectivity index is 2.26. The topological polar surface area (TPSA) is 63.1 Å². The maximum absolute atomic E-state index is 10.7. The average molecular weight is 267 g/mol. The fraction of sp³-hybridized carbons (Fsp3) is 0. The highest BCUT2D eigenvalue weighted by atomic mass is 35.5. The molecule has 0 spiro atoms. The molecule has 4 nitrogen and oxygen atoms in total. The van der Waals surface area contributed by atoms with Gasteiger partial charge in [-0.3, -0.25) is 4.98 Å². The van der Waals surface area contributed by atoms with Gasteiger partial charge >= 0.3 is 5.97 Å². The van der Waals surface area contributed by atoms with Crippen LogP contribution in [0.1, 0.15) is 10.4 Å². The van der Waals surface area contributed by atoms with Crippen LogP contribution in [0.15, 0.2) is 46.7 Å². The Morgan fingerprint density at radius 1 is 1.35 bits per heavy atom. The first kappa shape index (κ1) is 11.9. The van der Waals surface area contributed by atoms with Crippen molar-refractivity contribution >= 4 is 29.3 Å². The van der Waals surface area contributed by atoms with Gasteiger partial charge in [-0.2, -0.15) is 0 Å². The smallest absolute Gasteiger partial charge is 0.337 e. The quantitative estimate of drug-likeness (QED) is 0.925. The molecule has 1 N–H and O–H groups in total. The normalized spacial score (nSPS) is 10.2. The van der Waals surface area contributed by atoms with Crippen LogP contribution >= 0.6 is 23.4 Å². The summed E-state index contributed by atoms with van der Waals surface area (Å²) in [6.45, 7) is 0. The van der Waals surface area contributed by atoms with Crippen LogP contribution in [0.4, 0.5) is 0 Å². The van der Waals surface area contributed by atoms with Crippen LogP contribution in [0.2, 0.25) is 5.02 Å². The predicted molar refractivity (Wildman–Crippen MR) is 64.6 cm³/mol. The largest absolute Gasteiger partial charge is 0.478 e. The third kappa shape index (κ3) is 2.95. The van der Waals surface area contributed by atoms with Crippen molar-refractivity contribution < 1.29 is 9.90 Å². The zero-order chi connectivity index (χ0) is 12.3. The van der Waals surface area contributed by atoms with E-state index in [1.165, 1.54) is 24.0 Å². The number of aromatic nitrogens is 2. The van der Waals surface area contributed by atoms with Crippen molar-refractivity contribution in [1.29, 1.82) is 0 Å². The summed E-state index contributed by atoms with van der Waals surface area (Å²) in [6.07, 6.45) is 4.63. The molecule has 2 heterocycles. The van der Waals surface area contributed by atoms with Gasteiger partial charge in [0.05, 0.1) is 10.6 Å². The maximum atomic E-state index is 10.7. The van der Waals surface area contributed by atoms with Gasteiger partial charge in [0.25, 0.3) is 0 Å². The number of hydrogen-bond donors (Lipinski definition) is 1. The minimum atomic E-state index is -1.04. The Kier molecular flexibility index (Phi) is 3.61. The summed E-state index contributed by atoms with van der Waals surface area (Å²) in [5, 5.41) is 9.67. The molecule has 6 heteroatoms. The second-order valence-electron chi connectivity index (χ2n) is 3.10. The van der Waals surface area contributed by atoms with Gasteiger partial charge in [0.2, 0.25) is 0 Å². The summed E-state index contributed by atoms with van der Waals surface area (Å²) in [5.41, 5.74) is 0.0779. The third-order valence-corrected chi connectivity index (χ3v) is 3.35. The van der Waals surface area contributed by atoms with E-state index in [0.717, 1.165) is 4.90 Å². The van der Waals surface area contributed by atoms with Crippen LogP contribution in [0.3, 0.4) is 0 Å². The van der Waals surface area contributed by atoms with E-state index < -0.39 is 5.97 Å². The molecule has 2 aromatic heterocycles. The van der Waals surface area contributed by atoms with E-state index >= 15 is 0 Å². The zero-order valence-electron chi connectivity index (χ0n) is 8.50. The van der Waals surface area contributed by atoms with Gasteiger partial charge in [-0.05, 0) is 18.2 Å². The number of hydrogen-bond acceptors (Lipinski definition) is 4. The standard InChI is InChI=1S/C11H7ClN2O2S/c12-9-5-7(11(15)16)6-14-10(9)17-8-1-3-13-4-2-8/h1-6H,(H,15,16). The Hall–Kier alpha value is -1.59. The van der Waals surface area contributed by atoms with Crippen molar-refractivity contribution in [2.24, 2.45) is 0 Å². The first-order valence-electron chi connectivity index (χ1n) is 4.63. The van der Waals surface area contributed by atoms with Crippen molar-refractivity contribution in [2.75, 3.05) is 0 Å². The monoisotopic (exact) mass is 266 g/mol. The SMILES string of the molecule is O=C(O)c1cnc(Sc2ccncc2)c(Cl)c1. The molecule has 0 bridgehead atoms. The molecule has 0 amide bonds. The minimum absolute atomic E-state index is 0.0779. The molecule has 0 saturated heterocycles. The van der Waals surface area contributed by atoms with Crippen LogP contribution < -0.4 is 0 Å². The molecule has 0 fully saturated rings. The number of rotatable bonds is 3. The second kappa shape index (κ2) is 5.16. The fourth-order valence-electron chi connectivity index (χ4n) is 1.14. The Morgan fingerprint density at radius 3 is 2.65 bits per heavy atom. The Labute approximate surface area is 107 Å². The van der Waals surface area contributed by atoms with Gasteiger partial charge in [-0.15, -0.1) is 0 Å². The predicted octanol–water partition coefficient (Wildman–Crippen LogP) is 2.98. The first-order valence-corrected chi connectivity index (χ1v) is 5.83. The summed E-state index contributed by atoms with van der Waals surface area (Å²) in [4.78, 5) is 19.6. The van der Waals surface area contributed by atoms with Gasteiger partial charge < -0.3 is 5.11 Å². The highest BCUT2D eigenvalue weighted by Crippen LogP contribution is 2.31. The second-order valence-corrected chi connectivity index (χ2v) is 4.57. The van der Waals surface area contributed by atoms with E-state index in [4.69, 9.17) is 16.7 Å². The molecule has 2 aromatic rings. The molecule has 0 aliphatic carbocycles. The molecule has 0 aliphatic rings. The van der Waals surface area contributed by atoms with Crippen molar-refractivity contribution in [3.8, 4) is 0 Å². The summed E-state index contributed by atoms with van der Waals surface area (Å²) >= 11 is 7.32. The zero-order valence-corrected chi connectivity index (χ0v) is 10.1. The van der Waals surface area contributed by atoms with Gasteiger partial charge in [0.1, 0.15) is 5.03 Å². The summed E-state index contributed by atoms with van der Waals surface area (Å²) in [7, 11) is 0. The molecular weight excluding hydrogens is 260 g/mol. The number of halogens is 1. The molecule has 0 atom stereocenters. The molecule has 0 aliphatic heterocycles. The molecular formula is C11H7ClN2O2S. The summed E-state index contributed by atoms with van der Waals surface area (Å²) in [5.74, 6) is -1.04. The number of nitrogens with zero attached hydrogens (tertiary/aromatic N) is 2. The Morgan fingerprint density at radius 2 is 2.06 bits per heavy atom. The number of carboxylic acid groups (broad SMARTS) is 1. The van der Waals surface area contributed by atoms with E-state index in [0.29, 0.717) is 10.0 Å². The van der Waals surface area contributed by atoms with Gasteiger partial charge in [0, 0.05) is 23.5 Å². The molecule has 0 aromatic carbocycles. The van der Waals surface area contributed by atoms with E-state index in [9.17, 15) is 4.79 Å². The molecule has 2 rings (SSSR count). The van der Waals surface area contributed by atoms with Gasteiger partial charge in [-0.25, -0.2) is 9.78 Å².